The standard InChI is InChI=1S/C14H15BrClN3O/c1-19-6-4-14(9-17,5-7-19)18-13(20)11-8-10(15)2-3-12(11)16/h2-3,8H,4-7H2,1H3,(H,18,20). The lowest BCUT2D eigenvalue weighted by Gasteiger charge is -2.36. The molecule has 4 nitrogen and oxygen atoms in total. The molecule has 0 aromatic heterocycles. The monoisotopic (exact) mass is 355 g/mol. The lowest BCUT2D eigenvalue weighted by molar-refractivity contribution is 0.0882. The summed E-state index contributed by atoms with van der Waals surface area (Å²) >= 11 is 9.37. The summed E-state index contributed by atoms with van der Waals surface area (Å²) in [6.45, 7) is 1.58. The summed E-state index contributed by atoms with van der Waals surface area (Å²) in [5.41, 5.74) is -0.413. The number of hydrogen-bond acceptors (Lipinski definition) is 3. The molecular weight excluding hydrogens is 342 g/mol. The Bertz CT molecular complexity index is 562. The molecule has 20 heavy (non-hydrogen) atoms. The van der Waals surface area contributed by atoms with Crippen LogP contribution in [0.4, 0.5) is 0 Å². The van der Waals surface area contributed by atoms with Gasteiger partial charge in [-0.2, -0.15) is 5.26 Å². The second-order valence-corrected chi connectivity index (χ2v) is 6.40. The van der Waals surface area contributed by atoms with Gasteiger partial charge in [0, 0.05) is 17.6 Å². The van der Waals surface area contributed by atoms with E-state index in [9.17, 15) is 10.1 Å². The van der Waals surface area contributed by atoms with E-state index in [-0.39, 0.29) is 5.91 Å². The molecule has 106 valence electrons. The number of halogens is 2. The minimum absolute atomic E-state index is 0.303. The first-order valence-electron chi connectivity index (χ1n) is 6.33. The van der Waals surface area contributed by atoms with Crippen LogP contribution < -0.4 is 5.32 Å². The Morgan fingerprint density at radius 2 is 2.15 bits per heavy atom. The van der Waals surface area contributed by atoms with Gasteiger partial charge in [-0.05, 0) is 38.1 Å². The summed E-state index contributed by atoms with van der Waals surface area (Å²) in [7, 11) is 2.01. The van der Waals surface area contributed by atoms with E-state index in [0.29, 0.717) is 23.4 Å². The van der Waals surface area contributed by atoms with E-state index in [1.54, 1.807) is 18.2 Å². The van der Waals surface area contributed by atoms with Crippen molar-refractivity contribution < 1.29 is 4.79 Å². The minimum Gasteiger partial charge on any atom is -0.334 e. The lowest BCUT2D eigenvalue weighted by Crippen LogP contribution is -2.53. The van der Waals surface area contributed by atoms with Gasteiger partial charge in [-0.3, -0.25) is 4.79 Å². The van der Waals surface area contributed by atoms with Crippen LogP contribution >= 0.6 is 27.5 Å². The van der Waals surface area contributed by atoms with E-state index in [4.69, 9.17) is 11.6 Å². The summed E-state index contributed by atoms with van der Waals surface area (Å²) in [6, 6.07) is 7.36. The van der Waals surface area contributed by atoms with Crippen LogP contribution in [0.5, 0.6) is 0 Å². The van der Waals surface area contributed by atoms with Gasteiger partial charge in [0.1, 0.15) is 5.54 Å². The van der Waals surface area contributed by atoms with Gasteiger partial charge in [0.15, 0.2) is 0 Å². The second-order valence-electron chi connectivity index (χ2n) is 5.08. The molecule has 1 aromatic rings. The average Bonchev–Trinajstić information content (AvgIpc) is 2.44. The van der Waals surface area contributed by atoms with Gasteiger partial charge in [-0.25, -0.2) is 0 Å². The summed E-state index contributed by atoms with van der Waals surface area (Å²) in [5.74, 6) is -0.303. The number of hydrogen-bond donors (Lipinski definition) is 1. The van der Waals surface area contributed by atoms with E-state index in [1.807, 2.05) is 7.05 Å². The van der Waals surface area contributed by atoms with Gasteiger partial charge in [0.2, 0.25) is 0 Å². The number of carbonyl (C=O) groups excluding carboxylic acids is 1. The van der Waals surface area contributed by atoms with Crippen LogP contribution in [-0.4, -0.2) is 36.5 Å². The van der Waals surface area contributed by atoms with Crippen LogP contribution in [0, 0.1) is 11.3 Å². The molecule has 1 aliphatic rings. The number of benzene rings is 1. The van der Waals surface area contributed by atoms with Crippen molar-refractivity contribution >= 4 is 33.4 Å². The molecule has 1 N–H and O–H groups in total. The highest BCUT2D eigenvalue weighted by Crippen LogP contribution is 2.24. The van der Waals surface area contributed by atoms with E-state index in [1.165, 1.54) is 0 Å². The first-order chi connectivity index (χ1) is 9.46. The normalized spacial score (nSPS) is 18.3. The molecule has 1 saturated heterocycles. The van der Waals surface area contributed by atoms with Crippen LogP contribution in [0.2, 0.25) is 5.02 Å². The third kappa shape index (κ3) is 3.32. The Kier molecular flexibility index (Phi) is 4.69. The highest BCUT2D eigenvalue weighted by molar-refractivity contribution is 9.10. The highest BCUT2D eigenvalue weighted by Gasteiger charge is 2.35. The predicted octanol–water partition coefficient (Wildman–Crippen LogP) is 2.82. The molecule has 1 amide bonds. The van der Waals surface area contributed by atoms with Crippen LogP contribution in [0.25, 0.3) is 0 Å². The third-order valence-corrected chi connectivity index (χ3v) is 4.40. The molecule has 0 aliphatic carbocycles. The Labute approximate surface area is 131 Å². The van der Waals surface area contributed by atoms with E-state index in [2.05, 4.69) is 32.2 Å². The van der Waals surface area contributed by atoms with Gasteiger partial charge in [-0.15, -0.1) is 0 Å². The fourth-order valence-electron chi connectivity index (χ4n) is 2.22. The van der Waals surface area contributed by atoms with Crippen LogP contribution in [-0.2, 0) is 0 Å². The first kappa shape index (κ1) is 15.3. The molecule has 1 aliphatic heterocycles. The van der Waals surface area contributed by atoms with Crippen molar-refractivity contribution in [2.75, 3.05) is 20.1 Å². The molecule has 2 rings (SSSR count). The molecule has 0 unspecified atom stereocenters. The summed E-state index contributed by atoms with van der Waals surface area (Å²) in [4.78, 5) is 14.5. The maximum atomic E-state index is 12.4. The molecule has 1 fully saturated rings. The number of carbonyl (C=O) groups is 1. The maximum Gasteiger partial charge on any atom is 0.254 e. The van der Waals surface area contributed by atoms with Crippen molar-refractivity contribution in [2.24, 2.45) is 0 Å². The van der Waals surface area contributed by atoms with E-state index >= 15 is 0 Å². The Hall–Kier alpha value is -1.09. The fourth-order valence-corrected chi connectivity index (χ4v) is 2.79. The summed E-state index contributed by atoms with van der Waals surface area (Å²) < 4.78 is 0.779. The van der Waals surface area contributed by atoms with Crippen LogP contribution in [0.1, 0.15) is 23.2 Å². The maximum absolute atomic E-state index is 12.4. The van der Waals surface area contributed by atoms with Crippen molar-refractivity contribution in [1.82, 2.24) is 10.2 Å². The molecule has 6 heteroatoms. The predicted molar refractivity (Wildman–Crippen MR) is 81.7 cm³/mol. The van der Waals surface area contributed by atoms with E-state index < -0.39 is 5.54 Å². The number of nitriles is 1. The summed E-state index contributed by atoms with van der Waals surface area (Å²) in [5, 5.41) is 12.7. The zero-order valence-electron chi connectivity index (χ0n) is 11.1. The third-order valence-electron chi connectivity index (χ3n) is 3.58. The molecule has 0 spiro atoms. The Morgan fingerprint density at radius 1 is 1.50 bits per heavy atom. The Morgan fingerprint density at radius 3 is 2.75 bits per heavy atom. The highest BCUT2D eigenvalue weighted by atomic mass is 79.9. The van der Waals surface area contributed by atoms with Gasteiger partial charge in [0.25, 0.3) is 5.91 Å². The number of likely N-dealkylation sites (tertiary alicyclic amines) is 1. The smallest absolute Gasteiger partial charge is 0.254 e. The Balaban J connectivity index is 2.18. The van der Waals surface area contributed by atoms with Gasteiger partial charge in [0.05, 0.1) is 16.7 Å². The molecule has 0 radical (unpaired) electrons. The van der Waals surface area contributed by atoms with Crippen molar-refractivity contribution in [3.8, 4) is 6.07 Å². The van der Waals surface area contributed by atoms with Crippen molar-refractivity contribution in [2.45, 2.75) is 18.4 Å². The fraction of sp³-hybridized carbons (Fsp3) is 0.429. The number of nitrogens with zero attached hydrogens (tertiary/aromatic N) is 2. The average molecular weight is 357 g/mol. The van der Waals surface area contributed by atoms with Crippen LogP contribution in [0.3, 0.4) is 0 Å². The van der Waals surface area contributed by atoms with Crippen molar-refractivity contribution in [1.29, 1.82) is 5.26 Å². The van der Waals surface area contributed by atoms with Gasteiger partial charge in [-0.1, -0.05) is 27.5 Å². The quantitative estimate of drug-likeness (QED) is 0.886. The molecule has 1 aromatic carbocycles. The topological polar surface area (TPSA) is 56.1 Å². The molecule has 0 bridgehead atoms. The van der Waals surface area contributed by atoms with E-state index in [0.717, 1.165) is 17.6 Å². The number of amides is 1. The SMILES string of the molecule is CN1CCC(C#N)(NC(=O)c2cc(Br)ccc2Cl)CC1. The zero-order valence-corrected chi connectivity index (χ0v) is 13.5. The van der Waals surface area contributed by atoms with Crippen molar-refractivity contribution in [3.63, 3.8) is 0 Å². The van der Waals surface area contributed by atoms with Crippen LogP contribution in [0.15, 0.2) is 22.7 Å². The minimum atomic E-state index is -0.796. The molecule has 0 saturated carbocycles. The molecule has 0 atom stereocenters. The zero-order chi connectivity index (χ0) is 14.8. The first-order valence-corrected chi connectivity index (χ1v) is 7.50. The van der Waals surface area contributed by atoms with Gasteiger partial charge < -0.3 is 10.2 Å². The van der Waals surface area contributed by atoms with Crippen molar-refractivity contribution in [3.05, 3.63) is 33.3 Å². The van der Waals surface area contributed by atoms with Gasteiger partial charge >= 0.3 is 0 Å². The molecule has 1 heterocycles. The summed E-state index contributed by atoms with van der Waals surface area (Å²) in [6.07, 6.45) is 1.24. The lowest BCUT2D eigenvalue weighted by atomic mass is 9.89. The number of rotatable bonds is 2. The second kappa shape index (κ2) is 6.13. The largest absolute Gasteiger partial charge is 0.334 e. The number of piperidine rings is 1. The molecular formula is C14H15BrClN3O. The number of nitrogens with one attached hydrogen (secondary N) is 1.